The zero-order chi connectivity index (χ0) is 7.73. The van der Waals surface area contributed by atoms with E-state index in [1.54, 1.807) is 0 Å². The molecule has 0 aromatic carbocycles. The van der Waals surface area contributed by atoms with E-state index in [9.17, 15) is 0 Å². The minimum atomic E-state index is 0.00116. The molecule has 0 amide bonds. The molecule has 2 nitrogen and oxygen atoms in total. The first-order chi connectivity index (χ1) is 5.35. The molecule has 1 saturated carbocycles. The van der Waals surface area contributed by atoms with E-state index in [1.807, 2.05) is 0 Å². The molecular weight excluding hydrogens is 138 g/mol. The van der Waals surface area contributed by atoms with Crippen LogP contribution in [0.2, 0.25) is 0 Å². The summed E-state index contributed by atoms with van der Waals surface area (Å²) in [6, 6.07) is 2.47. The second-order valence-electron chi connectivity index (χ2n) is 3.76. The van der Waals surface area contributed by atoms with E-state index in [1.165, 1.54) is 12.8 Å². The molecule has 11 heavy (non-hydrogen) atoms. The molecule has 2 aliphatic rings. The Hall–Kier alpha value is -0.550. The van der Waals surface area contributed by atoms with E-state index in [2.05, 4.69) is 6.07 Å². The van der Waals surface area contributed by atoms with Gasteiger partial charge in [-0.15, -0.1) is 0 Å². The van der Waals surface area contributed by atoms with Crippen molar-refractivity contribution in [2.24, 2.45) is 5.41 Å². The highest BCUT2D eigenvalue weighted by atomic mass is 16.6. The fourth-order valence-electron chi connectivity index (χ4n) is 2.04. The molecule has 2 rings (SSSR count). The fourth-order valence-corrected chi connectivity index (χ4v) is 2.04. The second kappa shape index (κ2) is 2.49. The summed E-state index contributed by atoms with van der Waals surface area (Å²) in [7, 11) is 0. The number of epoxide rings is 1. The van der Waals surface area contributed by atoms with Crippen LogP contribution < -0.4 is 0 Å². The van der Waals surface area contributed by atoms with Gasteiger partial charge in [-0.05, 0) is 19.3 Å². The average Bonchev–Trinajstić information content (AvgIpc) is 2.68. The lowest BCUT2D eigenvalue weighted by atomic mass is 9.83. The molecule has 0 bridgehead atoms. The molecule has 0 radical (unpaired) electrons. The molecule has 1 aliphatic heterocycles. The smallest absolute Gasteiger partial charge is 0.0825 e. The monoisotopic (exact) mass is 151 g/mol. The summed E-state index contributed by atoms with van der Waals surface area (Å²) in [6.45, 7) is 0.892. The Morgan fingerprint density at radius 2 is 2.09 bits per heavy atom. The molecule has 2 heteroatoms. The maximum absolute atomic E-state index is 8.99. The van der Waals surface area contributed by atoms with E-state index in [0.717, 1.165) is 25.9 Å². The Balaban J connectivity index is 1.97. The van der Waals surface area contributed by atoms with E-state index in [0.29, 0.717) is 6.10 Å². The van der Waals surface area contributed by atoms with E-state index in [-0.39, 0.29) is 5.41 Å². The van der Waals surface area contributed by atoms with Crippen molar-refractivity contribution >= 4 is 0 Å². The van der Waals surface area contributed by atoms with Crippen LogP contribution >= 0.6 is 0 Å². The van der Waals surface area contributed by atoms with Gasteiger partial charge in [0.05, 0.1) is 24.2 Å². The van der Waals surface area contributed by atoms with Gasteiger partial charge in [-0.3, -0.25) is 0 Å². The highest BCUT2D eigenvalue weighted by Gasteiger charge is 2.40. The third kappa shape index (κ3) is 1.39. The first-order valence-electron chi connectivity index (χ1n) is 4.38. The summed E-state index contributed by atoms with van der Waals surface area (Å²) in [5, 5.41) is 8.99. The molecule has 1 aliphatic carbocycles. The normalized spacial score (nSPS) is 33.2. The van der Waals surface area contributed by atoms with Crippen LogP contribution in [0.3, 0.4) is 0 Å². The van der Waals surface area contributed by atoms with Gasteiger partial charge in [0.25, 0.3) is 0 Å². The molecule has 0 aromatic rings. The van der Waals surface area contributed by atoms with Gasteiger partial charge in [-0.25, -0.2) is 0 Å². The fraction of sp³-hybridized carbons (Fsp3) is 0.889. The highest BCUT2D eigenvalue weighted by Crippen LogP contribution is 2.43. The van der Waals surface area contributed by atoms with Crippen molar-refractivity contribution < 1.29 is 4.74 Å². The standard InChI is InChI=1S/C9H13NO/c10-7-9(3-1-2-4-9)5-8-6-11-8/h8H,1-6H2/t8-/m1/s1. The number of nitriles is 1. The van der Waals surface area contributed by atoms with Crippen LogP contribution in [-0.2, 0) is 4.74 Å². The SMILES string of the molecule is N#CC1(C[C@@H]2CO2)CCCC1. The zero-order valence-electron chi connectivity index (χ0n) is 6.68. The van der Waals surface area contributed by atoms with Gasteiger partial charge in [0, 0.05) is 0 Å². The van der Waals surface area contributed by atoms with Crippen molar-refractivity contribution in [2.75, 3.05) is 6.61 Å². The van der Waals surface area contributed by atoms with Gasteiger partial charge in [0.15, 0.2) is 0 Å². The predicted molar refractivity (Wildman–Crippen MR) is 40.9 cm³/mol. The first kappa shape index (κ1) is 7.12. The number of rotatable bonds is 2. The van der Waals surface area contributed by atoms with Gasteiger partial charge in [-0.2, -0.15) is 5.26 Å². The van der Waals surface area contributed by atoms with Crippen LogP contribution in [0, 0.1) is 16.7 Å². The molecule has 1 heterocycles. The van der Waals surface area contributed by atoms with E-state index >= 15 is 0 Å². The number of hydrogen-bond donors (Lipinski definition) is 0. The van der Waals surface area contributed by atoms with Crippen molar-refractivity contribution in [1.29, 1.82) is 5.26 Å². The maximum atomic E-state index is 8.99. The van der Waals surface area contributed by atoms with Crippen molar-refractivity contribution in [3.63, 3.8) is 0 Å². The molecule has 1 saturated heterocycles. The minimum absolute atomic E-state index is 0.00116. The van der Waals surface area contributed by atoms with Gasteiger partial charge in [0.1, 0.15) is 0 Å². The summed E-state index contributed by atoms with van der Waals surface area (Å²) in [5.41, 5.74) is 0.00116. The van der Waals surface area contributed by atoms with Gasteiger partial charge < -0.3 is 4.74 Å². The Labute approximate surface area is 67.2 Å². The lowest BCUT2D eigenvalue weighted by Crippen LogP contribution is -2.15. The van der Waals surface area contributed by atoms with Crippen molar-refractivity contribution in [3.05, 3.63) is 0 Å². The average molecular weight is 151 g/mol. The minimum Gasteiger partial charge on any atom is -0.373 e. The van der Waals surface area contributed by atoms with E-state index in [4.69, 9.17) is 10.00 Å². The summed E-state index contributed by atoms with van der Waals surface area (Å²) in [6.07, 6.45) is 6.09. The molecule has 60 valence electrons. The van der Waals surface area contributed by atoms with Gasteiger partial charge >= 0.3 is 0 Å². The molecule has 0 spiro atoms. The third-order valence-corrected chi connectivity index (χ3v) is 2.82. The molecule has 0 unspecified atom stereocenters. The van der Waals surface area contributed by atoms with Crippen molar-refractivity contribution in [1.82, 2.24) is 0 Å². The van der Waals surface area contributed by atoms with Crippen LogP contribution in [0.5, 0.6) is 0 Å². The maximum Gasteiger partial charge on any atom is 0.0825 e. The quantitative estimate of drug-likeness (QED) is 0.565. The zero-order valence-corrected chi connectivity index (χ0v) is 6.68. The molecule has 1 atom stereocenters. The topological polar surface area (TPSA) is 36.3 Å². The Bertz CT molecular complexity index is 184. The van der Waals surface area contributed by atoms with E-state index < -0.39 is 0 Å². The van der Waals surface area contributed by atoms with Crippen molar-refractivity contribution in [2.45, 2.75) is 38.2 Å². The van der Waals surface area contributed by atoms with Crippen molar-refractivity contribution in [3.8, 4) is 6.07 Å². The van der Waals surface area contributed by atoms with Crippen LogP contribution in [0.15, 0.2) is 0 Å². The number of nitrogens with zero attached hydrogens (tertiary/aromatic N) is 1. The lowest BCUT2D eigenvalue weighted by Gasteiger charge is -2.17. The van der Waals surface area contributed by atoms with Crippen LogP contribution in [0.1, 0.15) is 32.1 Å². The molecular formula is C9H13NO. The Morgan fingerprint density at radius 1 is 1.45 bits per heavy atom. The molecule has 0 N–H and O–H groups in total. The summed E-state index contributed by atoms with van der Waals surface area (Å²) in [4.78, 5) is 0. The number of hydrogen-bond acceptors (Lipinski definition) is 2. The molecule has 0 aromatic heterocycles. The predicted octanol–water partition coefficient (Wildman–Crippen LogP) is 1.86. The largest absolute Gasteiger partial charge is 0.373 e. The summed E-state index contributed by atoms with van der Waals surface area (Å²) < 4.78 is 5.15. The Morgan fingerprint density at radius 3 is 2.55 bits per heavy atom. The van der Waals surface area contributed by atoms with Crippen LogP contribution in [-0.4, -0.2) is 12.7 Å². The summed E-state index contributed by atoms with van der Waals surface area (Å²) >= 11 is 0. The Kier molecular flexibility index (Phi) is 1.61. The first-order valence-corrected chi connectivity index (χ1v) is 4.38. The highest BCUT2D eigenvalue weighted by molar-refractivity contribution is 5.04. The van der Waals surface area contributed by atoms with Crippen LogP contribution in [0.25, 0.3) is 0 Å². The van der Waals surface area contributed by atoms with Gasteiger partial charge in [-0.1, -0.05) is 12.8 Å². The molecule has 2 fully saturated rings. The second-order valence-corrected chi connectivity index (χ2v) is 3.76. The lowest BCUT2D eigenvalue weighted by molar-refractivity contribution is 0.301. The third-order valence-electron chi connectivity index (χ3n) is 2.82. The van der Waals surface area contributed by atoms with Gasteiger partial charge in [0.2, 0.25) is 0 Å². The number of ether oxygens (including phenoxy) is 1. The summed E-state index contributed by atoms with van der Waals surface area (Å²) in [5.74, 6) is 0. The van der Waals surface area contributed by atoms with Crippen LogP contribution in [0.4, 0.5) is 0 Å².